The predicted octanol–water partition coefficient (Wildman–Crippen LogP) is 5.37. The standard InChI is InChI=1S/C20H17Cl2N3O4S2/c1-11(26)12-6-7-16(17(8-12)28-2)29-9-18(27)23-19-24-25-20(31-19)30-10-13-14(21)4-3-5-15(13)22/h3-8H,9-10H2,1-2H3,(H,23,24,27). The van der Waals surface area contributed by atoms with Gasteiger partial charge < -0.3 is 9.47 Å². The molecule has 1 aromatic heterocycles. The lowest BCUT2D eigenvalue weighted by molar-refractivity contribution is -0.118. The van der Waals surface area contributed by atoms with Gasteiger partial charge in [0.15, 0.2) is 28.2 Å². The summed E-state index contributed by atoms with van der Waals surface area (Å²) in [6.07, 6.45) is 0. The van der Waals surface area contributed by atoms with Crippen molar-refractivity contribution in [2.45, 2.75) is 17.0 Å². The Hall–Kier alpha value is -2.33. The van der Waals surface area contributed by atoms with E-state index >= 15 is 0 Å². The molecule has 0 saturated heterocycles. The van der Waals surface area contributed by atoms with E-state index in [0.29, 0.717) is 42.3 Å². The summed E-state index contributed by atoms with van der Waals surface area (Å²) in [6, 6.07) is 10.1. The molecule has 31 heavy (non-hydrogen) atoms. The first-order valence-corrected chi connectivity index (χ1v) is 11.4. The van der Waals surface area contributed by atoms with Crippen LogP contribution in [-0.4, -0.2) is 35.6 Å². The van der Waals surface area contributed by atoms with E-state index < -0.39 is 5.91 Å². The maximum absolute atomic E-state index is 12.2. The Balaban J connectivity index is 1.54. The van der Waals surface area contributed by atoms with E-state index in [2.05, 4.69) is 15.5 Å². The van der Waals surface area contributed by atoms with Gasteiger partial charge in [0.25, 0.3) is 5.91 Å². The smallest absolute Gasteiger partial charge is 0.264 e. The summed E-state index contributed by atoms with van der Waals surface area (Å²) in [5, 5.41) is 12.2. The van der Waals surface area contributed by atoms with Gasteiger partial charge in [-0.05, 0) is 42.8 Å². The van der Waals surface area contributed by atoms with Gasteiger partial charge >= 0.3 is 0 Å². The van der Waals surface area contributed by atoms with Gasteiger partial charge in [0, 0.05) is 21.4 Å². The Morgan fingerprint density at radius 3 is 2.55 bits per heavy atom. The SMILES string of the molecule is COc1cc(C(C)=O)ccc1OCC(=O)Nc1nnc(SCc2c(Cl)cccc2Cl)s1. The third-order valence-corrected chi connectivity index (χ3v) is 6.69. The number of aromatic nitrogens is 2. The van der Waals surface area contributed by atoms with Crippen molar-refractivity contribution >= 4 is 63.1 Å². The zero-order valence-corrected chi connectivity index (χ0v) is 19.6. The van der Waals surface area contributed by atoms with Gasteiger partial charge in [-0.2, -0.15) is 0 Å². The molecule has 7 nitrogen and oxygen atoms in total. The van der Waals surface area contributed by atoms with Crippen molar-refractivity contribution in [3.8, 4) is 11.5 Å². The fourth-order valence-corrected chi connectivity index (χ4v) is 4.94. The number of nitrogens with zero attached hydrogens (tertiary/aromatic N) is 2. The number of hydrogen-bond donors (Lipinski definition) is 1. The number of thioether (sulfide) groups is 1. The van der Waals surface area contributed by atoms with E-state index in [-0.39, 0.29) is 12.4 Å². The van der Waals surface area contributed by atoms with Crippen LogP contribution in [0.25, 0.3) is 0 Å². The summed E-state index contributed by atoms with van der Waals surface area (Å²) in [5.41, 5.74) is 1.31. The van der Waals surface area contributed by atoms with Crippen LogP contribution in [0.2, 0.25) is 10.0 Å². The van der Waals surface area contributed by atoms with Gasteiger partial charge in [-0.15, -0.1) is 10.2 Å². The summed E-state index contributed by atoms with van der Waals surface area (Å²) in [4.78, 5) is 23.7. The van der Waals surface area contributed by atoms with Gasteiger partial charge in [-0.3, -0.25) is 14.9 Å². The second-order valence-electron chi connectivity index (χ2n) is 6.12. The number of halogens is 2. The van der Waals surface area contributed by atoms with Crippen molar-refractivity contribution in [2.24, 2.45) is 0 Å². The first kappa shape index (κ1) is 23.3. The molecule has 0 radical (unpaired) electrons. The van der Waals surface area contributed by atoms with E-state index in [9.17, 15) is 9.59 Å². The third kappa shape index (κ3) is 6.33. The molecule has 0 spiro atoms. The number of amides is 1. The summed E-state index contributed by atoms with van der Waals surface area (Å²) in [7, 11) is 1.46. The van der Waals surface area contributed by atoms with Gasteiger partial charge in [0.2, 0.25) is 5.13 Å². The van der Waals surface area contributed by atoms with E-state index in [0.717, 1.165) is 5.56 Å². The molecule has 3 aromatic rings. The van der Waals surface area contributed by atoms with E-state index in [1.807, 2.05) is 0 Å². The molecule has 162 valence electrons. The molecule has 0 atom stereocenters. The molecular formula is C20H17Cl2N3O4S2. The summed E-state index contributed by atoms with van der Waals surface area (Å²) in [5.74, 6) is 0.755. The number of methoxy groups -OCH3 is 1. The van der Waals surface area contributed by atoms with Crippen LogP contribution >= 0.6 is 46.3 Å². The first-order chi connectivity index (χ1) is 14.9. The van der Waals surface area contributed by atoms with Crippen LogP contribution in [-0.2, 0) is 10.5 Å². The third-order valence-electron chi connectivity index (χ3n) is 3.98. The maximum atomic E-state index is 12.2. The zero-order chi connectivity index (χ0) is 22.4. The van der Waals surface area contributed by atoms with E-state index in [1.54, 1.807) is 36.4 Å². The molecule has 11 heteroatoms. The molecule has 1 amide bonds. The summed E-state index contributed by atoms with van der Waals surface area (Å²) < 4.78 is 11.4. The normalized spacial score (nSPS) is 10.6. The number of anilines is 1. The van der Waals surface area contributed by atoms with Crippen molar-refractivity contribution in [2.75, 3.05) is 19.0 Å². The molecule has 3 rings (SSSR count). The number of Topliss-reactive ketones (excluding diaryl/α,β-unsaturated/α-hetero) is 1. The highest BCUT2D eigenvalue weighted by atomic mass is 35.5. The molecule has 0 bridgehead atoms. The van der Waals surface area contributed by atoms with Crippen LogP contribution in [0.15, 0.2) is 40.7 Å². The van der Waals surface area contributed by atoms with Crippen LogP contribution in [0, 0.1) is 0 Å². The molecular weight excluding hydrogens is 481 g/mol. The Kier molecular flexibility index (Phi) is 8.14. The lowest BCUT2D eigenvalue weighted by Gasteiger charge is -2.11. The first-order valence-electron chi connectivity index (χ1n) is 8.88. The molecule has 0 saturated carbocycles. The number of nitrogens with one attached hydrogen (secondary N) is 1. The van der Waals surface area contributed by atoms with Crippen molar-refractivity contribution in [3.05, 3.63) is 57.6 Å². The average Bonchev–Trinajstić information content (AvgIpc) is 3.18. The number of carbonyl (C=O) groups excluding carboxylic acids is 2. The number of ether oxygens (including phenoxy) is 2. The van der Waals surface area contributed by atoms with Crippen LogP contribution < -0.4 is 14.8 Å². The monoisotopic (exact) mass is 497 g/mol. The molecule has 0 aliphatic heterocycles. The Labute approximate surface area is 197 Å². The molecule has 1 heterocycles. The molecule has 0 unspecified atom stereocenters. The minimum absolute atomic E-state index is 0.0932. The number of rotatable bonds is 9. The van der Waals surface area contributed by atoms with Crippen molar-refractivity contribution in [3.63, 3.8) is 0 Å². The topological polar surface area (TPSA) is 90.4 Å². The molecule has 0 aliphatic rings. The van der Waals surface area contributed by atoms with Gasteiger partial charge in [0.1, 0.15) is 0 Å². The van der Waals surface area contributed by atoms with Crippen LogP contribution in [0.4, 0.5) is 5.13 Å². The number of carbonyl (C=O) groups is 2. The second kappa shape index (κ2) is 10.8. The lowest BCUT2D eigenvalue weighted by Crippen LogP contribution is -2.20. The highest BCUT2D eigenvalue weighted by molar-refractivity contribution is 8.00. The van der Waals surface area contributed by atoms with Crippen molar-refractivity contribution in [1.29, 1.82) is 0 Å². The van der Waals surface area contributed by atoms with Gasteiger partial charge in [-0.1, -0.05) is 52.4 Å². The minimum atomic E-state index is -0.403. The summed E-state index contributed by atoms with van der Waals surface area (Å²) >= 11 is 15.0. The molecule has 0 aliphatic carbocycles. The minimum Gasteiger partial charge on any atom is -0.493 e. The van der Waals surface area contributed by atoms with Gasteiger partial charge in [-0.25, -0.2) is 0 Å². The zero-order valence-electron chi connectivity index (χ0n) is 16.5. The lowest BCUT2D eigenvalue weighted by atomic mass is 10.1. The van der Waals surface area contributed by atoms with Crippen LogP contribution in [0.5, 0.6) is 11.5 Å². The van der Waals surface area contributed by atoms with E-state index in [1.165, 1.54) is 37.1 Å². The van der Waals surface area contributed by atoms with Crippen LogP contribution in [0.3, 0.4) is 0 Å². The number of ketones is 1. The van der Waals surface area contributed by atoms with Crippen molar-refractivity contribution < 1.29 is 19.1 Å². The number of benzene rings is 2. The molecule has 2 aromatic carbocycles. The summed E-state index contributed by atoms with van der Waals surface area (Å²) in [6.45, 7) is 1.20. The van der Waals surface area contributed by atoms with Crippen molar-refractivity contribution in [1.82, 2.24) is 10.2 Å². The van der Waals surface area contributed by atoms with Gasteiger partial charge in [0.05, 0.1) is 7.11 Å². The quantitative estimate of drug-likeness (QED) is 0.241. The highest BCUT2D eigenvalue weighted by Crippen LogP contribution is 2.33. The fourth-order valence-electron chi connectivity index (χ4n) is 2.43. The Morgan fingerprint density at radius 1 is 1.13 bits per heavy atom. The Bertz CT molecular complexity index is 1090. The predicted molar refractivity (Wildman–Crippen MR) is 123 cm³/mol. The average molecular weight is 498 g/mol. The Morgan fingerprint density at radius 2 is 1.87 bits per heavy atom. The van der Waals surface area contributed by atoms with Crippen LogP contribution in [0.1, 0.15) is 22.8 Å². The second-order valence-corrected chi connectivity index (χ2v) is 9.14. The molecule has 0 fully saturated rings. The van der Waals surface area contributed by atoms with E-state index in [4.69, 9.17) is 32.7 Å². The number of hydrogen-bond acceptors (Lipinski definition) is 8. The maximum Gasteiger partial charge on any atom is 0.264 e. The largest absolute Gasteiger partial charge is 0.493 e. The highest BCUT2D eigenvalue weighted by Gasteiger charge is 2.13. The molecule has 1 N–H and O–H groups in total. The fraction of sp³-hybridized carbons (Fsp3) is 0.200.